The van der Waals surface area contributed by atoms with E-state index < -0.39 is 7.60 Å². The van der Waals surface area contributed by atoms with Crippen LogP contribution in [0.1, 0.15) is 19.8 Å². The Morgan fingerprint density at radius 1 is 1.36 bits per heavy atom. The van der Waals surface area contributed by atoms with Crippen LogP contribution in [0.15, 0.2) is 12.2 Å². The maximum atomic E-state index is 11.5. The molecule has 0 aromatic carbocycles. The predicted octanol–water partition coefficient (Wildman–Crippen LogP) is 2.40. The van der Waals surface area contributed by atoms with Crippen LogP contribution >= 0.6 is 7.60 Å². The lowest BCUT2D eigenvalue weighted by Crippen LogP contribution is -2.04. The molecule has 0 bridgehead atoms. The Hall–Kier alpha value is -0.440. The highest BCUT2D eigenvalue weighted by Gasteiger charge is 2.23. The third kappa shape index (κ3) is 5.32. The number of allylic oxidation sites excluding steroid dienone is 2. The summed E-state index contributed by atoms with van der Waals surface area (Å²) in [6, 6.07) is 0. The van der Waals surface area contributed by atoms with Crippen LogP contribution < -0.4 is 0 Å². The number of rotatable bonds is 7. The molecule has 0 aliphatic heterocycles. The lowest BCUT2D eigenvalue weighted by Gasteiger charge is -2.10. The minimum absolute atomic E-state index is 0.194. The van der Waals surface area contributed by atoms with E-state index in [9.17, 15) is 9.36 Å². The molecule has 0 saturated heterocycles. The van der Waals surface area contributed by atoms with Gasteiger partial charge in [-0.05, 0) is 12.5 Å². The standard InChI is InChI=1S/C9H17O4P/c1-4-5-6-7-9(10)8-14(11,12-2)13-3/h6-7H,4-5,8H2,1-3H3/b7-6+. The van der Waals surface area contributed by atoms with E-state index in [1.807, 2.05) is 6.92 Å². The number of carbonyl (C=O) groups is 1. The SMILES string of the molecule is CCC/C=C/C(=O)CP(=O)(OC)OC. The highest BCUT2D eigenvalue weighted by Crippen LogP contribution is 2.45. The minimum atomic E-state index is -3.19. The lowest BCUT2D eigenvalue weighted by atomic mass is 10.3. The fourth-order valence-corrected chi connectivity index (χ4v) is 1.72. The Bertz CT molecular complexity index is 239. The molecule has 82 valence electrons. The van der Waals surface area contributed by atoms with Crippen molar-refractivity contribution in [1.82, 2.24) is 0 Å². The van der Waals surface area contributed by atoms with Gasteiger partial charge in [0, 0.05) is 14.2 Å². The van der Waals surface area contributed by atoms with Gasteiger partial charge in [-0.15, -0.1) is 0 Å². The molecule has 14 heavy (non-hydrogen) atoms. The van der Waals surface area contributed by atoms with Crippen molar-refractivity contribution in [2.24, 2.45) is 0 Å². The van der Waals surface area contributed by atoms with Crippen molar-refractivity contribution >= 4 is 13.4 Å². The van der Waals surface area contributed by atoms with E-state index in [2.05, 4.69) is 9.05 Å². The molecule has 0 unspecified atom stereocenters. The molecule has 0 aromatic heterocycles. The van der Waals surface area contributed by atoms with Crippen molar-refractivity contribution in [3.8, 4) is 0 Å². The van der Waals surface area contributed by atoms with Crippen molar-refractivity contribution in [3.63, 3.8) is 0 Å². The molecule has 0 amide bonds. The number of carbonyl (C=O) groups excluding carboxylic acids is 1. The van der Waals surface area contributed by atoms with Crippen LogP contribution in [0.25, 0.3) is 0 Å². The van der Waals surface area contributed by atoms with Crippen molar-refractivity contribution in [1.29, 1.82) is 0 Å². The monoisotopic (exact) mass is 220 g/mol. The molecule has 0 radical (unpaired) electrons. The summed E-state index contributed by atoms with van der Waals surface area (Å²) in [4.78, 5) is 11.2. The normalized spacial score (nSPS) is 12.2. The van der Waals surface area contributed by atoms with Gasteiger partial charge in [-0.1, -0.05) is 19.4 Å². The first kappa shape index (κ1) is 13.6. The Morgan fingerprint density at radius 2 is 1.93 bits per heavy atom. The van der Waals surface area contributed by atoms with Crippen LogP contribution in [0.5, 0.6) is 0 Å². The first-order chi connectivity index (χ1) is 6.58. The molecule has 0 aliphatic carbocycles. The fraction of sp³-hybridized carbons (Fsp3) is 0.667. The molecular weight excluding hydrogens is 203 g/mol. The van der Waals surface area contributed by atoms with Crippen LogP contribution in [0.4, 0.5) is 0 Å². The molecule has 0 N–H and O–H groups in total. The summed E-state index contributed by atoms with van der Waals surface area (Å²) in [6.07, 6.45) is 4.82. The molecule has 0 fully saturated rings. The molecule has 0 heterocycles. The molecule has 0 aromatic rings. The highest BCUT2D eigenvalue weighted by atomic mass is 31.2. The second-order valence-corrected chi connectivity index (χ2v) is 5.06. The second kappa shape index (κ2) is 6.93. The molecule has 0 atom stereocenters. The van der Waals surface area contributed by atoms with Gasteiger partial charge in [0.2, 0.25) is 0 Å². The van der Waals surface area contributed by atoms with Crippen LogP contribution in [0, 0.1) is 0 Å². The number of hydrogen-bond acceptors (Lipinski definition) is 4. The third-order valence-corrected chi connectivity index (χ3v) is 3.48. The van der Waals surface area contributed by atoms with Gasteiger partial charge >= 0.3 is 7.60 Å². The zero-order chi connectivity index (χ0) is 11.0. The van der Waals surface area contributed by atoms with Crippen LogP contribution in [0.3, 0.4) is 0 Å². The van der Waals surface area contributed by atoms with Crippen LogP contribution in [-0.2, 0) is 18.4 Å². The van der Waals surface area contributed by atoms with Gasteiger partial charge in [0.1, 0.15) is 6.16 Å². The Labute approximate surface area is 84.8 Å². The Balaban J connectivity index is 4.11. The van der Waals surface area contributed by atoms with E-state index in [4.69, 9.17) is 0 Å². The Kier molecular flexibility index (Phi) is 6.71. The van der Waals surface area contributed by atoms with Crippen molar-refractivity contribution in [2.45, 2.75) is 19.8 Å². The summed E-state index contributed by atoms with van der Waals surface area (Å²) in [5.41, 5.74) is 0. The average Bonchev–Trinajstić information content (AvgIpc) is 2.18. The second-order valence-electron chi connectivity index (χ2n) is 2.79. The summed E-state index contributed by atoms with van der Waals surface area (Å²) in [5.74, 6) is -0.231. The van der Waals surface area contributed by atoms with Gasteiger partial charge in [-0.3, -0.25) is 9.36 Å². The zero-order valence-corrected chi connectivity index (χ0v) is 9.75. The fourth-order valence-electron chi connectivity index (χ4n) is 0.829. The summed E-state index contributed by atoms with van der Waals surface area (Å²) < 4.78 is 20.8. The zero-order valence-electron chi connectivity index (χ0n) is 8.86. The molecule has 4 nitrogen and oxygen atoms in total. The number of ketones is 1. The van der Waals surface area contributed by atoms with Gasteiger partial charge in [-0.25, -0.2) is 0 Å². The van der Waals surface area contributed by atoms with Crippen LogP contribution in [-0.4, -0.2) is 26.2 Å². The van der Waals surface area contributed by atoms with Crippen molar-refractivity contribution in [2.75, 3.05) is 20.4 Å². The van der Waals surface area contributed by atoms with E-state index in [1.54, 1.807) is 6.08 Å². The van der Waals surface area contributed by atoms with E-state index in [-0.39, 0.29) is 11.9 Å². The van der Waals surface area contributed by atoms with Gasteiger partial charge in [0.25, 0.3) is 0 Å². The summed E-state index contributed by atoms with van der Waals surface area (Å²) in [7, 11) is -0.644. The van der Waals surface area contributed by atoms with Gasteiger partial charge in [-0.2, -0.15) is 0 Å². The minimum Gasteiger partial charge on any atom is -0.312 e. The number of unbranched alkanes of at least 4 members (excludes halogenated alkanes) is 1. The van der Waals surface area contributed by atoms with Crippen molar-refractivity contribution < 1.29 is 18.4 Å². The molecule has 0 spiro atoms. The molecule has 0 saturated carbocycles. The maximum Gasteiger partial charge on any atom is 0.337 e. The molecule has 5 heteroatoms. The predicted molar refractivity (Wildman–Crippen MR) is 55.5 cm³/mol. The first-order valence-corrected chi connectivity index (χ1v) is 6.20. The summed E-state index contributed by atoms with van der Waals surface area (Å²) in [6.45, 7) is 2.02. The third-order valence-electron chi connectivity index (χ3n) is 1.66. The summed E-state index contributed by atoms with van der Waals surface area (Å²) in [5, 5.41) is 0. The van der Waals surface area contributed by atoms with E-state index >= 15 is 0 Å². The highest BCUT2D eigenvalue weighted by molar-refractivity contribution is 7.54. The van der Waals surface area contributed by atoms with Gasteiger partial charge in [0.05, 0.1) is 0 Å². The summed E-state index contributed by atoms with van der Waals surface area (Å²) >= 11 is 0. The largest absolute Gasteiger partial charge is 0.337 e. The van der Waals surface area contributed by atoms with E-state index in [0.717, 1.165) is 12.8 Å². The maximum absolute atomic E-state index is 11.5. The van der Waals surface area contributed by atoms with Crippen molar-refractivity contribution in [3.05, 3.63) is 12.2 Å². The Morgan fingerprint density at radius 3 is 2.36 bits per heavy atom. The van der Waals surface area contributed by atoms with E-state index in [1.165, 1.54) is 20.3 Å². The molecular formula is C9H17O4P. The first-order valence-electron chi connectivity index (χ1n) is 4.48. The quantitative estimate of drug-likeness (QED) is 0.488. The molecule has 0 rings (SSSR count). The van der Waals surface area contributed by atoms with Gasteiger partial charge < -0.3 is 9.05 Å². The van der Waals surface area contributed by atoms with E-state index in [0.29, 0.717) is 0 Å². The number of hydrogen-bond donors (Lipinski definition) is 0. The lowest BCUT2D eigenvalue weighted by molar-refractivity contribution is -0.112. The topological polar surface area (TPSA) is 52.6 Å². The average molecular weight is 220 g/mol. The van der Waals surface area contributed by atoms with Gasteiger partial charge in [0.15, 0.2) is 5.78 Å². The molecule has 0 aliphatic rings. The smallest absolute Gasteiger partial charge is 0.312 e. The van der Waals surface area contributed by atoms with Crippen LogP contribution in [0.2, 0.25) is 0 Å².